The number of phenols is 1. The molecule has 0 atom stereocenters. The highest BCUT2D eigenvalue weighted by atomic mass is 16.5. The summed E-state index contributed by atoms with van der Waals surface area (Å²) in [5, 5.41) is 28.2. The summed E-state index contributed by atoms with van der Waals surface area (Å²) in [5.74, 6) is -1.64. The van der Waals surface area contributed by atoms with Gasteiger partial charge in [0.15, 0.2) is 5.43 Å². The van der Waals surface area contributed by atoms with E-state index in [0.717, 1.165) is 27.8 Å². The van der Waals surface area contributed by atoms with Crippen LogP contribution in [-0.4, -0.2) is 80.0 Å². The zero-order valence-corrected chi connectivity index (χ0v) is 21.6. The Bertz CT molecular complexity index is 1480. The van der Waals surface area contributed by atoms with Crippen molar-refractivity contribution in [3.63, 3.8) is 0 Å². The molecule has 0 radical (unpaired) electrons. The fourth-order valence-corrected chi connectivity index (χ4v) is 4.27. The van der Waals surface area contributed by atoms with Crippen LogP contribution in [0.4, 0.5) is 5.69 Å². The normalized spacial score (nSPS) is 11.2. The number of ether oxygens (including phenoxy) is 3. The summed E-state index contributed by atoms with van der Waals surface area (Å²) in [6, 6.07) is 17.2. The van der Waals surface area contributed by atoms with Crippen LogP contribution in [0.2, 0.25) is 0 Å². The van der Waals surface area contributed by atoms with E-state index in [0.29, 0.717) is 31.0 Å². The maximum Gasteiger partial charge on any atom is 0.329 e. The second-order valence-electron chi connectivity index (χ2n) is 8.85. The summed E-state index contributed by atoms with van der Waals surface area (Å²) < 4.78 is 21.7. The van der Waals surface area contributed by atoms with Crippen molar-refractivity contribution in [1.82, 2.24) is 0 Å². The van der Waals surface area contributed by atoms with E-state index in [1.54, 1.807) is 18.2 Å². The number of anilines is 1. The number of nitrogens with zero attached hydrogens (tertiary/aromatic N) is 1. The van der Waals surface area contributed by atoms with Gasteiger partial charge in [-0.1, -0.05) is 12.1 Å². The van der Waals surface area contributed by atoms with Crippen molar-refractivity contribution in [3.05, 3.63) is 70.9 Å². The van der Waals surface area contributed by atoms with Gasteiger partial charge in [-0.2, -0.15) is 0 Å². The van der Waals surface area contributed by atoms with E-state index >= 15 is 0 Å². The Kier molecular flexibility index (Phi) is 9.68. The lowest BCUT2D eigenvalue weighted by atomic mass is 9.93. The Morgan fingerprint density at radius 3 is 2.12 bits per heavy atom. The third-order valence-electron chi connectivity index (χ3n) is 6.03. The molecular formula is C29H29NO10. The number of carbonyl (C=O) groups is 2. The molecule has 11 heteroatoms. The first-order chi connectivity index (χ1) is 19.3. The quantitative estimate of drug-likeness (QED) is 0.147. The summed E-state index contributed by atoms with van der Waals surface area (Å²) in [5.41, 5.74) is 3.58. The monoisotopic (exact) mass is 551 g/mol. The summed E-state index contributed by atoms with van der Waals surface area (Å²) in [7, 11) is 0. The number of carboxylic acids is 2. The van der Waals surface area contributed by atoms with Gasteiger partial charge in [0.2, 0.25) is 0 Å². The second-order valence-corrected chi connectivity index (χ2v) is 8.85. The highest BCUT2D eigenvalue weighted by Crippen LogP contribution is 2.41. The van der Waals surface area contributed by atoms with Gasteiger partial charge in [-0.05, 0) is 42.0 Å². The maximum atomic E-state index is 12.0. The lowest BCUT2D eigenvalue weighted by Gasteiger charge is -2.25. The average molecular weight is 552 g/mol. The highest BCUT2D eigenvalue weighted by molar-refractivity contribution is 6.02. The predicted molar refractivity (Wildman–Crippen MR) is 146 cm³/mol. The summed E-state index contributed by atoms with van der Waals surface area (Å²) >= 11 is 0. The summed E-state index contributed by atoms with van der Waals surface area (Å²) in [6.45, 7) is 0.991. The third kappa shape index (κ3) is 7.56. The number of benzene rings is 3. The first kappa shape index (κ1) is 28.6. The number of aromatic hydroxyl groups is 1. The molecule has 2 aliphatic rings. The zero-order chi connectivity index (χ0) is 28.5. The largest absolute Gasteiger partial charge is 0.508 e. The molecule has 210 valence electrons. The van der Waals surface area contributed by atoms with Crippen molar-refractivity contribution in [1.29, 1.82) is 0 Å². The van der Waals surface area contributed by atoms with Crippen molar-refractivity contribution in [3.8, 4) is 28.2 Å². The Morgan fingerprint density at radius 2 is 1.43 bits per heavy atom. The van der Waals surface area contributed by atoms with Crippen LogP contribution < -0.4 is 10.3 Å². The molecule has 11 nitrogen and oxygen atoms in total. The molecule has 0 unspecified atom stereocenters. The van der Waals surface area contributed by atoms with Gasteiger partial charge in [0.1, 0.15) is 30.3 Å². The summed E-state index contributed by atoms with van der Waals surface area (Å²) in [4.78, 5) is 35.3. The van der Waals surface area contributed by atoms with Gasteiger partial charge < -0.3 is 38.8 Å². The lowest BCUT2D eigenvalue weighted by Crippen LogP contribution is -2.31. The van der Waals surface area contributed by atoms with Crippen LogP contribution in [0.5, 0.6) is 5.75 Å². The van der Waals surface area contributed by atoms with Crippen molar-refractivity contribution in [2.75, 3.05) is 57.6 Å². The third-order valence-corrected chi connectivity index (χ3v) is 6.03. The molecule has 3 N–H and O–H groups in total. The van der Waals surface area contributed by atoms with E-state index in [1.807, 2.05) is 29.2 Å². The minimum atomic E-state index is -1.05. The van der Waals surface area contributed by atoms with Gasteiger partial charge in [0.05, 0.1) is 26.4 Å². The van der Waals surface area contributed by atoms with Gasteiger partial charge >= 0.3 is 11.9 Å². The number of hydrogen-bond donors (Lipinski definition) is 3. The summed E-state index contributed by atoms with van der Waals surface area (Å²) in [6.07, 6.45) is 0. The molecule has 0 aromatic heterocycles. The van der Waals surface area contributed by atoms with Crippen molar-refractivity contribution in [2.24, 2.45) is 0 Å². The topological polar surface area (TPSA) is 156 Å². The fourth-order valence-electron chi connectivity index (χ4n) is 4.27. The van der Waals surface area contributed by atoms with Crippen LogP contribution in [0.1, 0.15) is 0 Å². The molecule has 2 aromatic carbocycles. The van der Waals surface area contributed by atoms with E-state index in [-0.39, 0.29) is 37.6 Å². The SMILES string of the molecule is O=C(O)COCCOCCN(CCOCC(=O)O)c1ccc(-c2c3ccc(=O)cc-3oc3cc(O)ccc23)cc1. The Hall–Kier alpha value is -4.45. The van der Waals surface area contributed by atoms with E-state index < -0.39 is 18.5 Å². The lowest BCUT2D eigenvalue weighted by molar-refractivity contribution is -0.143. The maximum absolute atomic E-state index is 12.0. The minimum absolute atomic E-state index is 0.0478. The molecule has 0 saturated carbocycles. The number of phenolic OH excluding ortho intramolecular Hbond substituents is 1. The average Bonchev–Trinajstić information content (AvgIpc) is 2.92. The van der Waals surface area contributed by atoms with Crippen LogP contribution in [0.15, 0.2) is 69.9 Å². The molecule has 0 saturated heterocycles. The molecular weight excluding hydrogens is 522 g/mol. The van der Waals surface area contributed by atoms with E-state index in [4.69, 9.17) is 28.8 Å². The molecule has 0 fully saturated rings. The van der Waals surface area contributed by atoms with Crippen LogP contribution in [0, 0.1) is 0 Å². The van der Waals surface area contributed by atoms with Crippen LogP contribution in [-0.2, 0) is 23.8 Å². The Morgan fingerprint density at radius 1 is 0.775 bits per heavy atom. The first-order valence-corrected chi connectivity index (χ1v) is 12.5. The van der Waals surface area contributed by atoms with Crippen molar-refractivity contribution >= 4 is 28.6 Å². The van der Waals surface area contributed by atoms with E-state index in [2.05, 4.69) is 0 Å². The number of hydrogen-bond acceptors (Lipinski definition) is 9. The van der Waals surface area contributed by atoms with E-state index in [9.17, 15) is 19.5 Å². The smallest absolute Gasteiger partial charge is 0.329 e. The molecule has 1 heterocycles. The predicted octanol–water partition coefficient (Wildman–Crippen LogP) is 3.30. The van der Waals surface area contributed by atoms with Gasteiger partial charge in [-0.15, -0.1) is 0 Å². The molecule has 40 heavy (non-hydrogen) atoms. The van der Waals surface area contributed by atoms with Crippen LogP contribution in [0.3, 0.4) is 0 Å². The van der Waals surface area contributed by atoms with Crippen molar-refractivity contribution in [2.45, 2.75) is 0 Å². The molecule has 4 rings (SSSR count). The minimum Gasteiger partial charge on any atom is -0.508 e. The standard InChI is InChI=1S/C29H29NO10/c31-21-5-7-23-25(15-21)40-26-16-22(32)6-8-24(26)29(23)19-1-3-20(4-2-19)30(10-12-38-17-27(33)34)9-11-37-13-14-39-18-28(35)36/h1-8,15-16,31H,9-14,17-18H2,(H,33,34)(H,35,36). The number of aliphatic carboxylic acids is 2. The molecule has 1 aliphatic heterocycles. The van der Waals surface area contributed by atoms with Crippen LogP contribution in [0.25, 0.3) is 33.4 Å². The molecule has 0 amide bonds. The molecule has 0 bridgehead atoms. The van der Waals surface area contributed by atoms with Crippen molar-refractivity contribution < 1.29 is 43.5 Å². The number of rotatable bonds is 15. The van der Waals surface area contributed by atoms with Gasteiger partial charge in [0, 0.05) is 47.4 Å². The van der Waals surface area contributed by atoms with E-state index in [1.165, 1.54) is 18.2 Å². The number of carboxylic acid groups (broad SMARTS) is 2. The second kappa shape index (κ2) is 13.6. The molecule has 2 aromatic rings. The first-order valence-electron chi connectivity index (χ1n) is 12.5. The fraction of sp³-hybridized carbons (Fsp3) is 0.276. The number of fused-ring (bicyclic) bond motifs is 2. The van der Waals surface area contributed by atoms with Gasteiger partial charge in [0.25, 0.3) is 0 Å². The molecule has 0 spiro atoms. The van der Waals surface area contributed by atoms with Gasteiger partial charge in [-0.25, -0.2) is 9.59 Å². The molecule has 1 aliphatic carbocycles. The van der Waals surface area contributed by atoms with Gasteiger partial charge in [-0.3, -0.25) is 4.79 Å². The highest BCUT2D eigenvalue weighted by Gasteiger charge is 2.18. The van der Waals surface area contributed by atoms with Crippen LogP contribution >= 0.6 is 0 Å². The Balaban J connectivity index is 1.55. The Labute approximate surface area is 229 Å². The zero-order valence-electron chi connectivity index (χ0n) is 21.6.